The van der Waals surface area contributed by atoms with Gasteiger partial charge in [-0.2, -0.15) is 5.10 Å². The van der Waals surface area contributed by atoms with E-state index in [4.69, 9.17) is 39.7 Å². The van der Waals surface area contributed by atoms with Crippen LogP contribution in [-0.2, 0) is 18.4 Å². The Morgan fingerprint density at radius 3 is 2.68 bits per heavy atom. The van der Waals surface area contributed by atoms with Crippen LogP contribution in [0.2, 0.25) is 5.02 Å². The van der Waals surface area contributed by atoms with Crippen molar-refractivity contribution in [2.24, 2.45) is 7.05 Å². The summed E-state index contributed by atoms with van der Waals surface area (Å²) in [4.78, 5) is 45.1. The molecular weight excluding hydrogens is 564 g/mol. The number of carbonyl (C=O) groups is 3. The highest BCUT2D eigenvalue weighted by molar-refractivity contribution is 6.67. The normalized spacial score (nSPS) is 12.0. The molecule has 11 nitrogen and oxygen atoms in total. The number of halogens is 4. The van der Waals surface area contributed by atoms with Gasteiger partial charge < -0.3 is 15.4 Å². The van der Waals surface area contributed by atoms with Gasteiger partial charge in [-0.05, 0) is 47.5 Å². The molecule has 5 rings (SSSR count). The Kier molecular flexibility index (Phi) is 8.25. The second kappa shape index (κ2) is 11.6. The number of nitrogens with one attached hydrogen (secondary N) is 3. The highest BCUT2D eigenvalue weighted by Crippen LogP contribution is 2.28. The van der Waals surface area contributed by atoms with Gasteiger partial charge in [0.2, 0.25) is 0 Å². The van der Waals surface area contributed by atoms with E-state index in [9.17, 15) is 18.8 Å². The van der Waals surface area contributed by atoms with Gasteiger partial charge in [0.25, 0.3) is 17.1 Å². The van der Waals surface area contributed by atoms with E-state index in [-0.39, 0.29) is 35.3 Å². The standard InChI is InChI=1S/C16H14ClN7O3.C7H3Cl2FO/c1-24-15(22-17)13-12(23-24)14(20-7-19-13)16(26)18-5-8-2-3-10-9(4-8)21-11(25)6-27-10;8-5-3-4(7(9)11)1-2-6(5)10/h2-4,7,22H,5-6H2,1H3,(H,18,26)(H,21,25);1-3H. The SMILES string of the molecule is Cn1nc2c(C(=O)NCc3ccc4c(c3)NC(=O)CO4)ncnc2c1NCl.O=C(Cl)c1ccc(F)c(Cl)c1. The molecule has 0 saturated heterocycles. The molecule has 0 fully saturated rings. The van der Waals surface area contributed by atoms with E-state index in [0.717, 1.165) is 11.6 Å². The molecule has 0 bridgehead atoms. The minimum absolute atomic E-state index is 0.00395. The van der Waals surface area contributed by atoms with Crippen molar-refractivity contribution < 1.29 is 23.5 Å². The van der Waals surface area contributed by atoms with Gasteiger partial charge in [0, 0.05) is 30.9 Å². The minimum atomic E-state index is -0.646. The zero-order chi connectivity index (χ0) is 27.4. The number of hydrogen-bond donors (Lipinski definition) is 3. The van der Waals surface area contributed by atoms with Gasteiger partial charge in [0.15, 0.2) is 18.1 Å². The lowest BCUT2D eigenvalue weighted by Crippen LogP contribution is -2.26. The fraction of sp³-hybridized carbons (Fsp3) is 0.130. The van der Waals surface area contributed by atoms with E-state index in [0.29, 0.717) is 28.3 Å². The van der Waals surface area contributed by atoms with Gasteiger partial charge in [-0.1, -0.05) is 17.7 Å². The highest BCUT2D eigenvalue weighted by Gasteiger charge is 2.20. The predicted molar refractivity (Wildman–Crippen MR) is 139 cm³/mol. The number of ether oxygens (including phenoxy) is 1. The third kappa shape index (κ3) is 5.93. The lowest BCUT2D eigenvalue weighted by atomic mass is 10.1. The second-order valence-electron chi connectivity index (χ2n) is 7.74. The Balaban J connectivity index is 0.000000257. The molecule has 0 radical (unpaired) electrons. The number of rotatable bonds is 5. The maximum Gasteiger partial charge on any atom is 0.272 e. The molecule has 1 aliphatic rings. The van der Waals surface area contributed by atoms with E-state index < -0.39 is 17.0 Å². The summed E-state index contributed by atoms with van der Waals surface area (Å²) in [6, 6.07) is 8.86. The first-order chi connectivity index (χ1) is 18.2. The zero-order valence-corrected chi connectivity index (χ0v) is 21.7. The Labute approximate surface area is 229 Å². The molecule has 3 heterocycles. The zero-order valence-electron chi connectivity index (χ0n) is 19.4. The summed E-state index contributed by atoms with van der Waals surface area (Å²) in [7, 11) is 1.68. The molecule has 2 aromatic heterocycles. The second-order valence-corrected chi connectivity index (χ2v) is 8.68. The molecule has 3 N–H and O–H groups in total. The molecule has 38 heavy (non-hydrogen) atoms. The number of benzene rings is 2. The first-order valence-electron chi connectivity index (χ1n) is 10.7. The van der Waals surface area contributed by atoms with Gasteiger partial charge in [-0.25, -0.2) is 19.0 Å². The van der Waals surface area contributed by atoms with Crippen LogP contribution in [0.25, 0.3) is 11.0 Å². The maximum absolute atomic E-state index is 12.6. The topological polar surface area (TPSA) is 140 Å². The first-order valence-corrected chi connectivity index (χ1v) is 11.8. The average Bonchev–Trinajstić information content (AvgIpc) is 3.23. The minimum Gasteiger partial charge on any atom is -0.482 e. The van der Waals surface area contributed by atoms with Crippen LogP contribution in [-0.4, -0.2) is 43.4 Å². The van der Waals surface area contributed by atoms with Crippen LogP contribution in [0.4, 0.5) is 15.9 Å². The monoisotopic (exact) mass is 579 g/mol. The predicted octanol–water partition coefficient (Wildman–Crippen LogP) is 4.05. The number of aromatic nitrogens is 4. The van der Waals surface area contributed by atoms with Crippen molar-refractivity contribution in [3.8, 4) is 5.75 Å². The fourth-order valence-corrected chi connectivity index (χ4v) is 3.91. The van der Waals surface area contributed by atoms with Crippen molar-refractivity contribution in [3.63, 3.8) is 0 Å². The molecule has 196 valence electrons. The molecule has 0 unspecified atom stereocenters. The van der Waals surface area contributed by atoms with Crippen LogP contribution in [0.3, 0.4) is 0 Å². The molecule has 0 aliphatic carbocycles. The molecule has 15 heteroatoms. The van der Waals surface area contributed by atoms with Crippen molar-refractivity contribution in [1.82, 2.24) is 25.1 Å². The van der Waals surface area contributed by atoms with Crippen molar-refractivity contribution in [3.05, 3.63) is 70.4 Å². The molecular formula is C23H17Cl3FN7O4. The van der Waals surface area contributed by atoms with Gasteiger partial charge in [0.1, 0.15) is 28.9 Å². The first kappa shape index (κ1) is 27.0. The molecule has 0 atom stereocenters. The molecule has 0 saturated carbocycles. The van der Waals surface area contributed by atoms with Crippen LogP contribution in [0.15, 0.2) is 42.7 Å². The van der Waals surface area contributed by atoms with E-state index in [1.165, 1.54) is 23.1 Å². The number of nitrogens with zero attached hydrogens (tertiary/aromatic N) is 4. The Morgan fingerprint density at radius 1 is 1.18 bits per heavy atom. The lowest BCUT2D eigenvalue weighted by molar-refractivity contribution is -0.118. The van der Waals surface area contributed by atoms with E-state index >= 15 is 0 Å². The molecule has 2 amide bonds. The van der Waals surface area contributed by atoms with E-state index in [1.807, 2.05) is 6.07 Å². The van der Waals surface area contributed by atoms with Crippen molar-refractivity contribution in [2.75, 3.05) is 16.8 Å². The highest BCUT2D eigenvalue weighted by atomic mass is 35.5. The third-order valence-electron chi connectivity index (χ3n) is 5.20. The van der Waals surface area contributed by atoms with Gasteiger partial charge in [-0.3, -0.25) is 19.2 Å². The van der Waals surface area contributed by atoms with Crippen LogP contribution in [0.1, 0.15) is 26.4 Å². The Bertz CT molecular complexity index is 1560. The number of amides is 2. The van der Waals surface area contributed by atoms with E-state index in [1.54, 1.807) is 19.2 Å². The van der Waals surface area contributed by atoms with Gasteiger partial charge in [0.05, 0.1) is 10.7 Å². The third-order valence-corrected chi connectivity index (χ3v) is 5.89. The van der Waals surface area contributed by atoms with Crippen molar-refractivity contribution >= 4 is 74.6 Å². The summed E-state index contributed by atoms with van der Waals surface area (Å²) >= 11 is 16.2. The fourth-order valence-electron chi connectivity index (χ4n) is 3.40. The van der Waals surface area contributed by atoms with E-state index in [2.05, 4.69) is 30.5 Å². The number of carbonyl (C=O) groups excluding carboxylic acids is 3. The summed E-state index contributed by atoms with van der Waals surface area (Å²) in [5.41, 5.74) is 2.49. The molecule has 2 aromatic carbocycles. The van der Waals surface area contributed by atoms with Crippen LogP contribution in [0.5, 0.6) is 5.75 Å². The molecule has 0 spiro atoms. The molecule has 4 aromatic rings. The summed E-state index contributed by atoms with van der Waals surface area (Å²) in [6.07, 6.45) is 1.28. The summed E-state index contributed by atoms with van der Waals surface area (Å²) in [5, 5.41) is 9.02. The van der Waals surface area contributed by atoms with Crippen LogP contribution in [0, 0.1) is 5.82 Å². The summed E-state index contributed by atoms with van der Waals surface area (Å²) < 4.78 is 19.3. The van der Waals surface area contributed by atoms with Crippen LogP contribution >= 0.6 is 35.0 Å². The lowest BCUT2D eigenvalue weighted by Gasteiger charge is -2.18. The summed E-state index contributed by atoms with van der Waals surface area (Å²) in [6.45, 7) is 0.233. The van der Waals surface area contributed by atoms with Gasteiger partial charge in [-0.15, -0.1) is 0 Å². The number of fused-ring (bicyclic) bond motifs is 2. The van der Waals surface area contributed by atoms with Gasteiger partial charge >= 0.3 is 0 Å². The number of aryl methyl sites for hydroxylation is 1. The number of hydrogen-bond acceptors (Lipinski definition) is 8. The Hall–Kier alpha value is -4.00. The largest absolute Gasteiger partial charge is 0.482 e. The smallest absolute Gasteiger partial charge is 0.272 e. The quantitative estimate of drug-likeness (QED) is 0.237. The van der Waals surface area contributed by atoms with Crippen molar-refractivity contribution in [2.45, 2.75) is 6.54 Å². The molecule has 1 aliphatic heterocycles. The van der Waals surface area contributed by atoms with Crippen LogP contribution < -0.4 is 20.2 Å². The summed E-state index contributed by atoms with van der Waals surface area (Å²) in [5.74, 6) is -0.121. The number of anilines is 2. The Morgan fingerprint density at radius 2 is 1.97 bits per heavy atom. The maximum atomic E-state index is 12.6. The average molecular weight is 581 g/mol. The van der Waals surface area contributed by atoms with Crippen molar-refractivity contribution in [1.29, 1.82) is 0 Å².